The van der Waals surface area contributed by atoms with Crippen LogP contribution in [0.2, 0.25) is 0 Å². The van der Waals surface area contributed by atoms with E-state index < -0.39 is 0 Å². The maximum Gasteiger partial charge on any atom is 0.223 e. The smallest absolute Gasteiger partial charge is 0.223 e. The lowest BCUT2D eigenvalue weighted by atomic mass is 9.88. The van der Waals surface area contributed by atoms with Crippen LogP contribution in [0.4, 0.5) is 0 Å². The van der Waals surface area contributed by atoms with Crippen molar-refractivity contribution in [3.63, 3.8) is 0 Å². The minimum Gasteiger partial charge on any atom is -0.359 e. The van der Waals surface area contributed by atoms with Crippen molar-refractivity contribution < 1.29 is 4.79 Å². The molecule has 3 heteroatoms. The molecule has 1 rings (SSSR count). The van der Waals surface area contributed by atoms with Gasteiger partial charge < -0.3 is 5.32 Å². The average molecular weight is 220 g/mol. The Morgan fingerprint density at radius 3 is 2.64 bits per heavy atom. The van der Waals surface area contributed by atoms with E-state index >= 15 is 0 Å². The Morgan fingerprint density at radius 2 is 2.09 bits per heavy atom. The molecule has 0 aromatic carbocycles. The Morgan fingerprint density at radius 1 is 1.45 bits per heavy atom. The number of carbonyl (C=O) groups excluding carboxylic acids is 1. The molecule has 0 saturated heterocycles. The van der Waals surface area contributed by atoms with Crippen molar-refractivity contribution in [1.29, 1.82) is 0 Å². The summed E-state index contributed by atoms with van der Waals surface area (Å²) in [6.07, 6.45) is 4.62. The highest BCUT2D eigenvalue weighted by atomic mass is 79.9. The molecule has 0 unspecified atom stereocenters. The molecule has 1 N–H and O–H groups in total. The third-order valence-electron chi connectivity index (χ3n) is 2.26. The molecule has 0 radical (unpaired) electrons. The highest BCUT2D eigenvalue weighted by Crippen LogP contribution is 2.29. The van der Waals surface area contributed by atoms with Crippen LogP contribution >= 0.6 is 15.9 Å². The predicted molar refractivity (Wildman–Crippen MR) is 48.7 cm³/mol. The Kier molecular flexibility index (Phi) is 3.37. The molecule has 0 aliphatic heterocycles. The molecule has 64 valence electrons. The second kappa shape index (κ2) is 4.10. The monoisotopic (exact) mass is 219 g/mol. The van der Waals surface area contributed by atoms with E-state index in [-0.39, 0.29) is 11.8 Å². The number of hydrogen-bond acceptors (Lipinski definition) is 1. The molecule has 11 heavy (non-hydrogen) atoms. The van der Waals surface area contributed by atoms with Crippen molar-refractivity contribution in [2.24, 2.45) is 5.92 Å². The van der Waals surface area contributed by atoms with Gasteiger partial charge in [0, 0.05) is 11.9 Å². The lowest BCUT2D eigenvalue weighted by Gasteiger charge is -2.25. The first-order valence-corrected chi connectivity index (χ1v) is 5.03. The zero-order valence-electron chi connectivity index (χ0n) is 6.77. The van der Waals surface area contributed by atoms with E-state index in [9.17, 15) is 4.79 Å². The third kappa shape index (κ3) is 2.19. The van der Waals surface area contributed by atoms with Crippen LogP contribution in [0.15, 0.2) is 0 Å². The van der Waals surface area contributed by atoms with Gasteiger partial charge in [0.1, 0.15) is 0 Å². The summed E-state index contributed by atoms with van der Waals surface area (Å²) < 4.78 is 0. The largest absolute Gasteiger partial charge is 0.359 e. The van der Waals surface area contributed by atoms with Gasteiger partial charge in [0.15, 0.2) is 0 Å². The van der Waals surface area contributed by atoms with Gasteiger partial charge in [-0.05, 0) is 12.8 Å². The van der Waals surface area contributed by atoms with Crippen molar-refractivity contribution in [2.45, 2.75) is 30.5 Å². The van der Waals surface area contributed by atoms with Gasteiger partial charge in [-0.2, -0.15) is 0 Å². The quantitative estimate of drug-likeness (QED) is 0.669. The summed E-state index contributed by atoms with van der Waals surface area (Å²) in [4.78, 5) is 11.6. The lowest BCUT2D eigenvalue weighted by molar-refractivity contribution is -0.125. The number of hydrogen-bond donors (Lipinski definition) is 1. The van der Waals surface area contributed by atoms with Crippen LogP contribution in [0.5, 0.6) is 0 Å². The standard InChI is InChI=1S/C8H14BrNO/c1-10-8(11)6-4-2-3-5-7(6)9/h6-7H,2-5H2,1H3,(H,10,11)/t6-,7+/m1/s1. The Labute approximate surface area is 75.9 Å². The van der Waals surface area contributed by atoms with Crippen LogP contribution in [-0.4, -0.2) is 17.8 Å². The third-order valence-corrected chi connectivity index (χ3v) is 3.36. The van der Waals surface area contributed by atoms with Crippen molar-refractivity contribution in [3.8, 4) is 0 Å². The van der Waals surface area contributed by atoms with Crippen molar-refractivity contribution in [3.05, 3.63) is 0 Å². The first-order chi connectivity index (χ1) is 5.25. The van der Waals surface area contributed by atoms with E-state index in [4.69, 9.17) is 0 Å². The molecule has 0 aromatic heterocycles. The second-order valence-corrected chi connectivity index (χ2v) is 4.20. The van der Waals surface area contributed by atoms with E-state index in [2.05, 4.69) is 21.2 Å². The van der Waals surface area contributed by atoms with Crippen LogP contribution in [0.3, 0.4) is 0 Å². The van der Waals surface area contributed by atoms with Crippen molar-refractivity contribution >= 4 is 21.8 Å². The molecule has 0 bridgehead atoms. The summed E-state index contributed by atoms with van der Waals surface area (Å²) in [5, 5.41) is 2.70. The number of halogens is 1. The zero-order chi connectivity index (χ0) is 8.27. The summed E-state index contributed by atoms with van der Waals surface area (Å²) in [6, 6.07) is 0. The van der Waals surface area contributed by atoms with E-state index in [0.29, 0.717) is 4.83 Å². The van der Waals surface area contributed by atoms with Crippen LogP contribution in [0.25, 0.3) is 0 Å². The molecule has 0 heterocycles. The fourth-order valence-electron chi connectivity index (χ4n) is 1.57. The average Bonchev–Trinajstić information content (AvgIpc) is 2.04. The Hall–Kier alpha value is -0.0500. The SMILES string of the molecule is CNC(=O)[C@@H]1CCCC[C@@H]1Br. The number of rotatable bonds is 1. The van der Waals surface area contributed by atoms with Crippen LogP contribution in [-0.2, 0) is 4.79 Å². The van der Waals surface area contributed by atoms with Gasteiger partial charge in [-0.1, -0.05) is 28.8 Å². The van der Waals surface area contributed by atoms with Gasteiger partial charge in [-0.15, -0.1) is 0 Å². The fourth-order valence-corrected chi connectivity index (χ4v) is 2.39. The normalized spacial score (nSPS) is 31.5. The first-order valence-electron chi connectivity index (χ1n) is 4.11. The summed E-state index contributed by atoms with van der Waals surface area (Å²) in [7, 11) is 1.71. The maximum absolute atomic E-state index is 11.2. The van der Waals surface area contributed by atoms with E-state index in [1.165, 1.54) is 12.8 Å². The van der Waals surface area contributed by atoms with Crippen molar-refractivity contribution in [1.82, 2.24) is 5.32 Å². The summed E-state index contributed by atoms with van der Waals surface area (Å²) >= 11 is 3.54. The van der Waals surface area contributed by atoms with Crippen molar-refractivity contribution in [2.75, 3.05) is 7.05 Å². The minimum atomic E-state index is 0.187. The lowest BCUT2D eigenvalue weighted by Crippen LogP contribution is -2.34. The van der Waals surface area contributed by atoms with E-state index in [0.717, 1.165) is 12.8 Å². The van der Waals surface area contributed by atoms with Gasteiger partial charge in [-0.3, -0.25) is 4.79 Å². The molecule has 1 fully saturated rings. The number of carbonyl (C=O) groups is 1. The second-order valence-electron chi connectivity index (χ2n) is 3.02. The minimum absolute atomic E-state index is 0.187. The maximum atomic E-state index is 11.2. The molecular weight excluding hydrogens is 206 g/mol. The molecule has 0 spiro atoms. The summed E-state index contributed by atoms with van der Waals surface area (Å²) in [6.45, 7) is 0. The molecule has 1 amide bonds. The molecule has 1 aliphatic carbocycles. The molecule has 1 saturated carbocycles. The van der Waals surface area contributed by atoms with Gasteiger partial charge in [0.05, 0.1) is 5.92 Å². The van der Waals surface area contributed by atoms with Gasteiger partial charge in [0.2, 0.25) is 5.91 Å². The Balaban J connectivity index is 2.47. The Bertz CT molecular complexity index is 149. The molecular formula is C8H14BrNO. The number of nitrogens with one attached hydrogen (secondary N) is 1. The van der Waals surface area contributed by atoms with Crippen LogP contribution in [0.1, 0.15) is 25.7 Å². The van der Waals surface area contributed by atoms with Crippen LogP contribution in [0, 0.1) is 5.92 Å². The van der Waals surface area contributed by atoms with Gasteiger partial charge in [-0.25, -0.2) is 0 Å². The summed E-state index contributed by atoms with van der Waals surface area (Å²) in [5.41, 5.74) is 0. The molecule has 2 nitrogen and oxygen atoms in total. The highest BCUT2D eigenvalue weighted by Gasteiger charge is 2.27. The summed E-state index contributed by atoms with van der Waals surface area (Å²) in [5.74, 6) is 0.389. The van der Waals surface area contributed by atoms with Gasteiger partial charge >= 0.3 is 0 Å². The highest BCUT2D eigenvalue weighted by molar-refractivity contribution is 9.09. The molecule has 2 atom stereocenters. The first kappa shape index (κ1) is 9.04. The van der Waals surface area contributed by atoms with Gasteiger partial charge in [0.25, 0.3) is 0 Å². The van der Waals surface area contributed by atoms with Crippen LogP contribution < -0.4 is 5.32 Å². The van der Waals surface area contributed by atoms with E-state index in [1.54, 1.807) is 7.05 Å². The topological polar surface area (TPSA) is 29.1 Å². The molecule has 0 aromatic rings. The predicted octanol–water partition coefficient (Wildman–Crippen LogP) is 1.69. The van der Waals surface area contributed by atoms with E-state index in [1.807, 2.05) is 0 Å². The number of alkyl halides is 1. The number of amides is 1. The zero-order valence-corrected chi connectivity index (χ0v) is 8.36. The molecule has 1 aliphatic rings. The fraction of sp³-hybridized carbons (Fsp3) is 0.875.